The number of anilines is 1. The molecule has 0 radical (unpaired) electrons. The van der Waals surface area contributed by atoms with Crippen LogP contribution in [0.4, 0.5) is 5.13 Å². The van der Waals surface area contributed by atoms with Crippen LogP contribution in [0.2, 0.25) is 0 Å². The SMILES string of the molecule is CCCNC(=O)c1cn2cc(-c3cnc(NC(C)C)s3)cc(-c3ccccc3)c2n1. The predicted octanol–water partition coefficient (Wildman–Crippen LogP) is 5.08. The van der Waals surface area contributed by atoms with E-state index in [-0.39, 0.29) is 5.91 Å². The van der Waals surface area contributed by atoms with Gasteiger partial charge >= 0.3 is 0 Å². The highest BCUT2D eigenvalue weighted by molar-refractivity contribution is 7.18. The summed E-state index contributed by atoms with van der Waals surface area (Å²) < 4.78 is 1.94. The zero-order valence-corrected chi connectivity index (χ0v) is 18.2. The van der Waals surface area contributed by atoms with Gasteiger partial charge in [0.05, 0.1) is 4.88 Å². The van der Waals surface area contributed by atoms with E-state index in [2.05, 4.69) is 52.6 Å². The normalized spacial score (nSPS) is 11.2. The van der Waals surface area contributed by atoms with Gasteiger partial charge in [-0.2, -0.15) is 0 Å². The first-order valence-electron chi connectivity index (χ1n) is 10.1. The smallest absolute Gasteiger partial charge is 0.271 e. The number of aromatic nitrogens is 3. The molecule has 3 heterocycles. The summed E-state index contributed by atoms with van der Waals surface area (Å²) in [5.74, 6) is -0.151. The van der Waals surface area contributed by atoms with Crippen LogP contribution in [0.1, 0.15) is 37.7 Å². The van der Waals surface area contributed by atoms with E-state index in [1.165, 1.54) is 0 Å². The number of pyridine rings is 1. The van der Waals surface area contributed by atoms with E-state index in [4.69, 9.17) is 0 Å². The molecule has 0 atom stereocenters. The van der Waals surface area contributed by atoms with E-state index in [1.807, 2.05) is 41.9 Å². The Morgan fingerprint density at radius 3 is 2.70 bits per heavy atom. The molecule has 2 N–H and O–H groups in total. The summed E-state index contributed by atoms with van der Waals surface area (Å²) in [5.41, 5.74) is 4.25. The maximum atomic E-state index is 12.5. The molecule has 4 rings (SSSR count). The molecule has 1 amide bonds. The standard InChI is InChI=1S/C23H25N5OS/c1-4-10-24-22(29)19-14-28-13-17(20-12-25-23(30-20)26-15(2)3)11-18(21(28)27-19)16-8-6-5-7-9-16/h5-9,11-15H,4,10H2,1-3H3,(H,24,29)(H,25,26). The molecule has 0 saturated heterocycles. The summed E-state index contributed by atoms with van der Waals surface area (Å²) in [5, 5.41) is 7.15. The van der Waals surface area contributed by atoms with E-state index in [0.717, 1.165) is 38.8 Å². The molecular formula is C23H25N5OS. The second kappa shape index (κ2) is 8.67. The Labute approximate surface area is 180 Å². The molecule has 0 saturated carbocycles. The molecule has 0 aliphatic heterocycles. The van der Waals surface area contributed by atoms with Crippen molar-refractivity contribution in [3.63, 3.8) is 0 Å². The minimum Gasteiger partial charge on any atom is -0.359 e. The van der Waals surface area contributed by atoms with E-state index in [1.54, 1.807) is 17.5 Å². The maximum Gasteiger partial charge on any atom is 0.271 e. The molecule has 0 unspecified atom stereocenters. The van der Waals surface area contributed by atoms with Crippen molar-refractivity contribution in [2.24, 2.45) is 0 Å². The van der Waals surface area contributed by atoms with Crippen molar-refractivity contribution >= 4 is 28.0 Å². The number of hydrogen-bond donors (Lipinski definition) is 2. The van der Waals surface area contributed by atoms with Gasteiger partial charge in [0.2, 0.25) is 0 Å². The van der Waals surface area contributed by atoms with Crippen molar-refractivity contribution in [1.82, 2.24) is 19.7 Å². The minimum absolute atomic E-state index is 0.151. The fourth-order valence-corrected chi connectivity index (χ4v) is 4.17. The number of hydrogen-bond acceptors (Lipinski definition) is 5. The predicted molar refractivity (Wildman–Crippen MR) is 123 cm³/mol. The highest BCUT2D eigenvalue weighted by atomic mass is 32.1. The van der Waals surface area contributed by atoms with Crippen molar-refractivity contribution in [2.45, 2.75) is 33.2 Å². The van der Waals surface area contributed by atoms with E-state index >= 15 is 0 Å². The van der Waals surface area contributed by atoms with Crippen molar-refractivity contribution < 1.29 is 4.79 Å². The summed E-state index contributed by atoms with van der Waals surface area (Å²) in [7, 11) is 0. The Kier molecular flexibility index (Phi) is 5.81. The molecule has 1 aromatic carbocycles. The van der Waals surface area contributed by atoms with Crippen molar-refractivity contribution in [3.05, 3.63) is 60.7 Å². The summed E-state index contributed by atoms with van der Waals surface area (Å²) in [6.45, 7) is 6.85. The van der Waals surface area contributed by atoms with Gasteiger partial charge in [0, 0.05) is 42.3 Å². The molecule has 0 bridgehead atoms. The van der Waals surface area contributed by atoms with Crippen LogP contribution >= 0.6 is 11.3 Å². The summed E-state index contributed by atoms with van der Waals surface area (Å²) in [6, 6.07) is 12.6. The lowest BCUT2D eigenvalue weighted by Crippen LogP contribution is -2.24. The Morgan fingerprint density at radius 2 is 1.97 bits per heavy atom. The van der Waals surface area contributed by atoms with E-state index in [0.29, 0.717) is 18.3 Å². The van der Waals surface area contributed by atoms with Crippen LogP contribution < -0.4 is 10.6 Å². The molecule has 0 aliphatic rings. The lowest BCUT2D eigenvalue weighted by molar-refractivity contribution is 0.0949. The van der Waals surface area contributed by atoms with Gasteiger partial charge in [-0.1, -0.05) is 48.6 Å². The van der Waals surface area contributed by atoms with Crippen LogP contribution in [-0.2, 0) is 0 Å². The first kappa shape index (κ1) is 20.1. The first-order valence-corrected chi connectivity index (χ1v) is 11.0. The highest BCUT2D eigenvalue weighted by Gasteiger charge is 2.16. The number of nitrogens with one attached hydrogen (secondary N) is 2. The van der Waals surface area contributed by atoms with Gasteiger partial charge in [-0.25, -0.2) is 9.97 Å². The van der Waals surface area contributed by atoms with Crippen LogP contribution in [0.5, 0.6) is 0 Å². The molecule has 0 spiro atoms. The average Bonchev–Trinajstić information content (AvgIpc) is 3.38. The molecule has 3 aromatic heterocycles. The van der Waals surface area contributed by atoms with Gasteiger partial charge in [0.15, 0.2) is 5.13 Å². The maximum absolute atomic E-state index is 12.5. The van der Waals surface area contributed by atoms with Crippen LogP contribution in [0, 0.1) is 0 Å². The third kappa shape index (κ3) is 4.21. The second-order valence-corrected chi connectivity index (χ2v) is 8.48. The first-order chi connectivity index (χ1) is 14.5. The Bertz CT molecular complexity index is 1160. The highest BCUT2D eigenvalue weighted by Crippen LogP contribution is 2.34. The van der Waals surface area contributed by atoms with Crippen molar-refractivity contribution in [1.29, 1.82) is 0 Å². The lowest BCUT2D eigenvalue weighted by Gasteiger charge is -2.07. The third-order valence-electron chi connectivity index (χ3n) is 4.61. The molecule has 154 valence electrons. The number of benzene rings is 1. The van der Waals surface area contributed by atoms with Crippen LogP contribution in [-0.4, -0.2) is 32.9 Å². The molecule has 6 nitrogen and oxygen atoms in total. The molecular weight excluding hydrogens is 394 g/mol. The Balaban J connectivity index is 1.82. The number of imidazole rings is 1. The van der Waals surface area contributed by atoms with Gasteiger partial charge in [-0.15, -0.1) is 0 Å². The minimum atomic E-state index is -0.151. The Morgan fingerprint density at radius 1 is 1.17 bits per heavy atom. The van der Waals surface area contributed by atoms with Gasteiger partial charge in [0.1, 0.15) is 11.3 Å². The van der Waals surface area contributed by atoms with Gasteiger partial charge in [0.25, 0.3) is 5.91 Å². The molecule has 30 heavy (non-hydrogen) atoms. The zero-order chi connectivity index (χ0) is 21.1. The summed E-state index contributed by atoms with van der Waals surface area (Å²) in [6.07, 6.45) is 6.58. The zero-order valence-electron chi connectivity index (χ0n) is 17.3. The third-order valence-corrected chi connectivity index (χ3v) is 5.58. The lowest BCUT2D eigenvalue weighted by atomic mass is 10.0. The van der Waals surface area contributed by atoms with Crippen molar-refractivity contribution in [3.8, 4) is 21.6 Å². The average molecular weight is 420 g/mol. The monoisotopic (exact) mass is 419 g/mol. The number of carbonyl (C=O) groups excluding carboxylic acids is 1. The quantitative estimate of drug-likeness (QED) is 0.438. The van der Waals surface area contributed by atoms with Gasteiger partial charge in [-0.05, 0) is 31.9 Å². The number of carbonyl (C=O) groups is 1. The number of thiazole rings is 1. The summed E-state index contributed by atoms with van der Waals surface area (Å²) >= 11 is 1.62. The number of rotatable bonds is 7. The number of nitrogens with zero attached hydrogens (tertiary/aromatic N) is 3. The van der Waals surface area contributed by atoms with Gasteiger partial charge < -0.3 is 15.0 Å². The van der Waals surface area contributed by atoms with E-state index < -0.39 is 0 Å². The molecule has 4 aromatic rings. The van der Waals surface area contributed by atoms with Gasteiger partial charge in [-0.3, -0.25) is 4.79 Å². The van der Waals surface area contributed by atoms with Crippen LogP contribution in [0.15, 0.2) is 55.0 Å². The van der Waals surface area contributed by atoms with Crippen LogP contribution in [0.25, 0.3) is 27.2 Å². The van der Waals surface area contributed by atoms with E-state index in [9.17, 15) is 4.79 Å². The molecule has 7 heteroatoms. The van der Waals surface area contributed by atoms with Crippen LogP contribution in [0.3, 0.4) is 0 Å². The second-order valence-electron chi connectivity index (χ2n) is 7.45. The molecule has 0 fully saturated rings. The topological polar surface area (TPSA) is 71.3 Å². The van der Waals surface area contributed by atoms with Crippen molar-refractivity contribution in [2.75, 3.05) is 11.9 Å². The fourth-order valence-electron chi connectivity index (χ4n) is 3.22. The molecule has 0 aliphatic carbocycles. The number of amides is 1. The Hall–Kier alpha value is -3.19. The summed E-state index contributed by atoms with van der Waals surface area (Å²) in [4.78, 5) is 22.7. The fraction of sp³-hybridized carbons (Fsp3) is 0.261. The largest absolute Gasteiger partial charge is 0.359 e. The number of fused-ring (bicyclic) bond motifs is 1.